The molecule has 23 heavy (non-hydrogen) atoms. The van der Waals surface area contributed by atoms with E-state index in [2.05, 4.69) is 12.1 Å². The quantitative estimate of drug-likeness (QED) is 0.864. The Labute approximate surface area is 135 Å². The molecular weight excluding hydrogens is 293 g/mol. The molecule has 1 amide bonds. The van der Waals surface area contributed by atoms with Gasteiger partial charge in [-0.05, 0) is 60.7 Å². The van der Waals surface area contributed by atoms with Gasteiger partial charge < -0.3 is 9.64 Å². The van der Waals surface area contributed by atoms with Crippen molar-refractivity contribution >= 4 is 5.91 Å². The van der Waals surface area contributed by atoms with Gasteiger partial charge in [-0.2, -0.15) is 0 Å². The number of amides is 1. The average molecular weight is 313 g/mol. The van der Waals surface area contributed by atoms with Gasteiger partial charge in [-0.25, -0.2) is 4.39 Å². The van der Waals surface area contributed by atoms with Gasteiger partial charge in [0.1, 0.15) is 11.6 Å². The van der Waals surface area contributed by atoms with Crippen LogP contribution in [0.5, 0.6) is 5.75 Å². The van der Waals surface area contributed by atoms with E-state index in [-0.39, 0.29) is 11.7 Å². The van der Waals surface area contributed by atoms with Crippen LogP contribution in [0.1, 0.15) is 22.3 Å². The molecule has 4 heteroatoms. The number of carbonyl (C=O) groups excluding carboxylic acids is 1. The number of nitrogens with zero attached hydrogens (tertiary/aromatic N) is 1. The Hall–Kier alpha value is -2.36. The van der Waals surface area contributed by atoms with Crippen molar-refractivity contribution in [2.45, 2.75) is 12.8 Å². The second-order valence-electron chi connectivity index (χ2n) is 5.96. The van der Waals surface area contributed by atoms with Crippen molar-refractivity contribution < 1.29 is 13.9 Å². The van der Waals surface area contributed by atoms with Crippen LogP contribution in [0.25, 0.3) is 0 Å². The predicted octanol–water partition coefficient (Wildman–Crippen LogP) is 3.54. The molecule has 2 aromatic carbocycles. The Morgan fingerprint density at radius 3 is 2.52 bits per heavy atom. The van der Waals surface area contributed by atoms with Crippen LogP contribution >= 0.6 is 0 Å². The monoisotopic (exact) mass is 313 g/mol. The van der Waals surface area contributed by atoms with Crippen molar-refractivity contribution in [1.29, 1.82) is 0 Å². The highest BCUT2D eigenvalue weighted by molar-refractivity contribution is 5.94. The number of ether oxygens (including phenoxy) is 1. The fourth-order valence-electron chi connectivity index (χ4n) is 3.05. The van der Waals surface area contributed by atoms with Crippen LogP contribution < -0.4 is 4.74 Å². The van der Waals surface area contributed by atoms with Crippen molar-refractivity contribution in [3.05, 3.63) is 65.5 Å². The number of halogens is 1. The summed E-state index contributed by atoms with van der Waals surface area (Å²) >= 11 is 0. The molecule has 2 aromatic rings. The van der Waals surface area contributed by atoms with Gasteiger partial charge in [0.05, 0.1) is 7.11 Å². The first-order chi connectivity index (χ1) is 11.2. The lowest BCUT2D eigenvalue weighted by Gasteiger charge is -2.17. The van der Waals surface area contributed by atoms with Gasteiger partial charge in [0.15, 0.2) is 0 Å². The lowest BCUT2D eigenvalue weighted by atomic mass is 9.99. The molecule has 0 aliphatic carbocycles. The molecule has 0 N–H and O–H groups in total. The lowest BCUT2D eigenvalue weighted by Crippen LogP contribution is -2.28. The number of likely N-dealkylation sites (tertiary alicyclic amines) is 1. The molecule has 0 spiro atoms. The van der Waals surface area contributed by atoms with Gasteiger partial charge in [0, 0.05) is 18.7 Å². The second kappa shape index (κ2) is 6.82. The van der Waals surface area contributed by atoms with Crippen LogP contribution in [0, 0.1) is 11.7 Å². The lowest BCUT2D eigenvalue weighted by molar-refractivity contribution is 0.0787. The molecule has 0 radical (unpaired) electrons. The minimum atomic E-state index is -0.319. The van der Waals surface area contributed by atoms with Crippen molar-refractivity contribution in [2.75, 3.05) is 20.2 Å². The minimum absolute atomic E-state index is 0.0118. The Balaban J connectivity index is 1.59. The van der Waals surface area contributed by atoms with Crippen molar-refractivity contribution in [3.63, 3.8) is 0 Å². The van der Waals surface area contributed by atoms with E-state index in [1.54, 1.807) is 19.2 Å². The van der Waals surface area contributed by atoms with Gasteiger partial charge in [0.25, 0.3) is 5.91 Å². The van der Waals surface area contributed by atoms with Gasteiger partial charge in [0.2, 0.25) is 0 Å². The third-order valence-corrected chi connectivity index (χ3v) is 4.35. The fraction of sp³-hybridized carbons (Fsp3) is 0.316. The fourth-order valence-corrected chi connectivity index (χ4v) is 3.05. The summed E-state index contributed by atoms with van der Waals surface area (Å²) < 4.78 is 18.1. The molecule has 0 aromatic heterocycles. The molecular formula is C19H20FNO2. The first-order valence-electron chi connectivity index (χ1n) is 7.83. The third kappa shape index (κ3) is 3.70. The van der Waals surface area contributed by atoms with E-state index in [9.17, 15) is 9.18 Å². The molecule has 0 bridgehead atoms. The number of rotatable bonds is 4. The van der Waals surface area contributed by atoms with Crippen LogP contribution in [-0.2, 0) is 6.42 Å². The maximum Gasteiger partial charge on any atom is 0.253 e. The Morgan fingerprint density at radius 1 is 1.17 bits per heavy atom. The molecule has 120 valence electrons. The molecule has 1 aliphatic rings. The maximum atomic E-state index is 13.0. The first-order valence-corrected chi connectivity index (χ1v) is 7.83. The topological polar surface area (TPSA) is 29.5 Å². The van der Waals surface area contributed by atoms with E-state index in [1.807, 2.05) is 17.0 Å². The van der Waals surface area contributed by atoms with E-state index in [0.29, 0.717) is 11.5 Å². The molecule has 0 saturated carbocycles. The predicted molar refractivity (Wildman–Crippen MR) is 87.1 cm³/mol. The van der Waals surface area contributed by atoms with Gasteiger partial charge in [-0.15, -0.1) is 0 Å². The minimum Gasteiger partial charge on any atom is -0.497 e. The Kier molecular flexibility index (Phi) is 4.60. The highest BCUT2D eigenvalue weighted by Gasteiger charge is 2.27. The summed E-state index contributed by atoms with van der Waals surface area (Å²) in [5, 5.41) is 0. The Morgan fingerprint density at radius 2 is 1.87 bits per heavy atom. The average Bonchev–Trinajstić information content (AvgIpc) is 3.04. The molecule has 1 aliphatic heterocycles. The number of hydrogen-bond donors (Lipinski definition) is 0. The summed E-state index contributed by atoms with van der Waals surface area (Å²) in [5.41, 5.74) is 1.81. The summed E-state index contributed by atoms with van der Waals surface area (Å²) in [7, 11) is 1.66. The summed E-state index contributed by atoms with van der Waals surface area (Å²) in [6.45, 7) is 1.51. The normalized spacial score (nSPS) is 17.3. The largest absolute Gasteiger partial charge is 0.497 e. The number of hydrogen-bond acceptors (Lipinski definition) is 2. The zero-order valence-electron chi connectivity index (χ0n) is 13.2. The number of carbonyl (C=O) groups is 1. The molecule has 1 atom stereocenters. The van der Waals surface area contributed by atoms with Crippen molar-refractivity contribution in [1.82, 2.24) is 4.90 Å². The van der Waals surface area contributed by atoms with E-state index in [0.717, 1.165) is 31.7 Å². The van der Waals surface area contributed by atoms with E-state index in [4.69, 9.17) is 4.74 Å². The molecule has 1 fully saturated rings. The summed E-state index contributed by atoms with van der Waals surface area (Å²) in [4.78, 5) is 14.3. The van der Waals surface area contributed by atoms with E-state index < -0.39 is 0 Å². The molecule has 3 rings (SSSR count). The SMILES string of the molecule is COc1ccc(CC2CCN(C(=O)c3ccc(F)cc3)C2)cc1. The molecule has 1 saturated heterocycles. The van der Waals surface area contributed by atoms with Crippen LogP contribution in [-0.4, -0.2) is 31.0 Å². The van der Waals surface area contributed by atoms with E-state index in [1.165, 1.54) is 17.7 Å². The zero-order chi connectivity index (χ0) is 16.2. The maximum absolute atomic E-state index is 13.0. The molecule has 1 heterocycles. The third-order valence-electron chi connectivity index (χ3n) is 4.35. The summed E-state index contributed by atoms with van der Waals surface area (Å²) in [6, 6.07) is 13.8. The number of methoxy groups -OCH3 is 1. The highest BCUT2D eigenvalue weighted by Crippen LogP contribution is 2.23. The van der Waals surface area contributed by atoms with Gasteiger partial charge >= 0.3 is 0 Å². The van der Waals surface area contributed by atoms with Crippen LogP contribution in [0.3, 0.4) is 0 Å². The standard InChI is InChI=1S/C19H20FNO2/c1-23-18-8-2-14(3-9-18)12-15-10-11-21(13-15)19(22)16-4-6-17(20)7-5-16/h2-9,15H,10-13H2,1H3. The summed E-state index contributed by atoms with van der Waals surface area (Å²) in [5.74, 6) is 0.990. The summed E-state index contributed by atoms with van der Waals surface area (Å²) in [6.07, 6.45) is 1.95. The van der Waals surface area contributed by atoms with Crippen LogP contribution in [0.4, 0.5) is 4.39 Å². The first kappa shape index (κ1) is 15.5. The van der Waals surface area contributed by atoms with Crippen molar-refractivity contribution in [3.8, 4) is 5.75 Å². The molecule has 3 nitrogen and oxygen atoms in total. The zero-order valence-corrected chi connectivity index (χ0v) is 13.2. The smallest absolute Gasteiger partial charge is 0.253 e. The van der Waals surface area contributed by atoms with E-state index >= 15 is 0 Å². The van der Waals surface area contributed by atoms with Crippen LogP contribution in [0.2, 0.25) is 0 Å². The molecule has 1 unspecified atom stereocenters. The van der Waals surface area contributed by atoms with Gasteiger partial charge in [-0.3, -0.25) is 4.79 Å². The second-order valence-corrected chi connectivity index (χ2v) is 5.96. The highest BCUT2D eigenvalue weighted by atomic mass is 19.1. The van der Waals surface area contributed by atoms with Crippen molar-refractivity contribution in [2.24, 2.45) is 5.92 Å². The number of benzene rings is 2. The van der Waals surface area contributed by atoms with Crippen LogP contribution in [0.15, 0.2) is 48.5 Å². The van der Waals surface area contributed by atoms with Gasteiger partial charge in [-0.1, -0.05) is 12.1 Å². The Bertz CT molecular complexity index is 667.